The summed E-state index contributed by atoms with van der Waals surface area (Å²) in [7, 11) is 2.48. The lowest BCUT2D eigenvalue weighted by molar-refractivity contribution is 0.478. The second kappa shape index (κ2) is 12.2. The van der Waals surface area contributed by atoms with E-state index in [9.17, 15) is 5.11 Å². The highest BCUT2D eigenvalue weighted by molar-refractivity contribution is 14.1. The van der Waals surface area contributed by atoms with E-state index in [1.54, 1.807) is 29.1 Å². The van der Waals surface area contributed by atoms with Gasteiger partial charge in [-0.25, -0.2) is 0 Å². The summed E-state index contributed by atoms with van der Waals surface area (Å²) in [4.78, 5) is 0. The summed E-state index contributed by atoms with van der Waals surface area (Å²) < 4.78 is 5.30. The molecule has 0 fully saturated rings. The molecule has 0 aliphatic rings. The van der Waals surface area contributed by atoms with Crippen LogP contribution in [0.15, 0.2) is 30.3 Å². The Hall–Kier alpha value is -1.26. The molecule has 0 radical (unpaired) electrons. The molecule has 3 N–H and O–H groups in total. The molecule has 0 aliphatic heterocycles. The van der Waals surface area contributed by atoms with Gasteiger partial charge in [0.05, 0.1) is 5.30 Å². The number of aromatic hydroxyl groups is 1. The maximum Gasteiger partial charge on any atom is 0.192 e. The van der Waals surface area contributed by atoms with E-state index in [-0.39, 0.29) is 5.75 Å². The molecule has 0 heterocycles. The average molecular weight is 459 g/mol. The van der Waals surface area contributed by atoms with Gasteiger partial charge in [-0.1, -0.05) is 61.2 Å². The van der Waals surface area contributed by atoms with Crippen molar-refractivity contribution in [2.24, 2.45) is 0 Å². The highest BCUT2D eigenvalue weighted by Crippen LogP contribution is 2.27. The van der Waals surface area contributed by atoms with Gasteiger partial charge in [0, 0.05) is 11.3 Å². The molecule has 0 amide bonds. The highest BCUT2D eigenvalue weighted by atomic mass is 127. The van der Waals surface area contributed by atoms with Crippen molar-refractivity contribution in [3.63, 3.8) is 0 Å². The summed E-state index contributed by atoms with van der Waals surface area (Å²) in [5.74, 6) is 0.824. The van der Waals surface area contributed by atoms with E-state index in [4.69, 9.17) is 8.80 Å². The predicted octanol–water partition coefficient (Wildman–Crippen LogP) is 5.73. The lowest BCUT2D eigenvalue weighted by atomic mass is 10.1. The molecule has 0 bridgehead atoms. The highest BCUT2D eigenvalue weighted by Gasteiger charge is 2.08. The van der Waals surface area contributed by atoms with E-state index in [2.05, 4.69) is 9.24 Å². The van der Waals surface area contributed by atoms with Crippen molar-refractivity contribution in [3.05, 3.63) is 47.0 Å². The lowest BCUT2D eigenvalue weighted by Gasteiger charge is -2.08. The van der Waals surface area contributed by atoms with Gasteiger partial charge in [-0.05, 0) is 36.2 Å². The monoisotopic (exact) mass is 459 g/mol. The number of anilines is 1. The first-order valence-corrected chi connectivity index (χ1v) is 9.43. The Bertz CT molecular complexity index is 673. The van der Waals surface area contributed by atoms with Crippen LogP contribution >= 0.6 is 32.2 Å². The van der Waals surface area contributed by atoms with Crippen LogP contribution in [0.3, 0.4) is 0 Å². The molecule has 0 saturated carbocycles. The molecule has 3 nitrogen and oxygen atoms in total. The molecule has 1 atom stereocenters. The van der Waals surface area contributed by atoms with Crippen LogP contribution in [0.25, 0.3) is 12.2 Å². The van der Waals surface area contributed by atoms with E-state index >= 15 is 0 Å². The molecule has 2 aromatic rings. The van der Waals surface area contributed by atoms with Gasteiger partial charge >= 0.3 is 0 Å². The number of hydrogen-bond acceptors (Lipinski definition) is 3. The summed E-state index contributed by atoms with van der Waals surface area (Å²) in [5.41, 5.74) is 9.64. The molecule has 0 spiro atoms. The van der Waals surface area contributed by atoms with Crippen molar-refractivity contribution >= 4 is 55.4 Å². The summed E-state index contributed by atoms with van der Waals surface area (Å²) in [6.45, 7) is 9.98. The molecule has 24 heavy (non-hydrogen) atoms. The second-order valence-electron chi connectivity index (χ2n) is 4.44. The molecule has 1 unspecified atom stereocenters. The number of aryl methyl sites for hydroxylation is 1. The van der Waals surface area contributed by atoms with Gasteiger partial charge in [-0.2, -0.15) is 0 Å². The molecular formula is C19H27INO2P. The van der Waals surface area contributed by atoms with Gasteiger partial charge in [-0.3, -0.25) is 0 Å². The number of nitrogens with two attached hydrogens (primary N) is 1. The summed E-state index contributed by atoms with van der Waals surface area (Å²) in [5, 5.41) is 10.3. The first-order chi connectivity index (χ1) is 11.5. The molecule has 2 rings (SSSR count). The van der Waals surface area contributed by atoms with Crippen LogP contribution < -0.4 is 14.1 Å². The maximum absolute atomic E-state index is 9.66. The Labute approximate surface area is 162 Å². The Morgan fingerprint density at radius 1 is 1.08 bits per heavy atom. The van der Waals surface area contributed by atoms with Crippen LogP contribution in [0.1, 0.15) is 44.4 Å². The third kappa shape index (κ3) is 6.33. The lowest BCUT2D eigenvalue weighted by Crippen LogP contribution is -1.98. The van der Waals surface area contributed by atoms with E-state index < -0.39 is 0 Å². The van der Waals surface area contributed by atoms with Crippen LogP contribution in [0.4, 0.5) is 5.69 Å². The smallest absolute Gasteiger partial charge is 0.192 e. The largest absolute Gasteiger partial charge is 0.507 e. The van der Waals surface area contributed by atoms with Crippen molar-refractivity contribution < 1.29 is 8.17 Å². The molecule has 2 aromatic carbocycles. The normalized spacial score (nSPS) is 9.62. The minimum Gasteiger partial charge on any atom is -0.507 e. The standard InChI is InChI=1S/C15H15INO2P.2C2H6/c1-9-2-3-10(8-12(9)17)4-5-11-6-7-13(18)15(20)14(11)19-16;2*1-2/h2-8,18H,17,20H2,1H3;2*1-2H3/b5-4+;;. The summed E-state index contributed by atoms with van der Waals surface area (Å²) in [6.07, 6.45) is 3.90. The van der Waals surface area contributed by atoms with Crippen LogP contribution in [-0.2, 0) is 0 Å². The van der Waals surface area contributed by atoms with Crippen molar-refractivity contribution in [3.8, 4) is 11.5 Å². The molecule has 132 valence electrons. The number of halogens is 1. The zero-order chi connectivity index (χ0) is 18.7. The number of hydrogen-bond donors (Lipinski definition) is 2. The Morgan fingerprint density at radius 3 is 2.25 bits per heavy atom. The van der Waals surface area contributed by atoms with E-state index in [1.807, 2.05) is 71.0 Å². The van der Waals surface area contributed by atoms with Crippen molar-refractivity contribution in [1.82, 2.24) is 0 Å². The Morgan fingerprint density at radius 2 is 1.71 bits per heavy atom. The molecule has 0 saturated heterocycles. The zero-order valence-corrected chi connectivity index (χ0v) is 18.2. The topological polar surface area (TPSA) is 55.5 Å². The van der Waals surface area contributed by atoms with Gasteiger partial charge in [0.15, 0.2) is 28.8 Å². The Balaban J connectivity index is 0.00000123. The van der Waals surface area contributed by atoms with Crippen molar-refractivity contribution in [2.75, 3.05) is 5.73 Å². The van der Waals surface area contributed by atoms with Crippen LogP contribution in [0.2, 0.25) is 0 Å². The minimum atomic E-state index is 0.193. The van der Waals surface area contributed by atoms with Gasteiger partial charge in [0.2, 0.25) is 0 Å². The number of phenolic OH excluding ortho intramolecular Hbond substituents is 1. The number of benzene rings is 2. The fourth-order valence-corrected chi connectivity index (χ4v) is 2.83. The third-order valence-corrected chi connectivity index (χ3v) is 4.04. The third-order valence-electron chi connectivity index (χ3n) is 3.04. The van der Waals surface area contributed by atoms with Crippen LogP contribution in [0, 0.1) is 6.92 Å². The average Bonchev–Trinajstić information content (AvgIpc) is 2.62. The quantitative estimate of drug-likeness (QED) is 0.267. The number of nitrogen functional groups attached to an aromatic ring is 1. The van der Waals surface area contributed by atoms with Gasteiger partial charge in [0.1, 0.15) is 5.75 Å². The molecular weight excluding hydrogens is 432 g/mol. The first kappa shape index (κ1) is 22.7. The predicted molar refractivity (Wildman–Crippen MR) is 119 cm³/mol. The fraction of sp³-hybridized carbons (Fsp3) is 0.263. The van der Waals surface area contributed by atoms with Crippen molar-refractivity contribution in [2.45, 2.75) is 34.6 Å². The maximum atomic E-state index is 9.66. The molecule has 0 aliphatic carbocycles. The van der Waals surface area contributed by atoms with Crippen molar-refractivity contribution in [1.29, 1.82) is 0 Å². The van der Waals surface area contributed by atoms with Crippen LogP contribution in [-0.4, -0.2) is 5.11 Å². The summed E-state index contributed by atoms with van der Waals surface area (Å²) >= 11 is 1.81. The molecule has 5 heteroatoms. The summed E-state index contributed by atoms with van der Waals surface area (Å²) in [6, 6.07) is 9.38. The van der Waals surface area contributed by atoms with E-state index in [0.29, 0.717) is 11.1 Å². The number of rotatable bonds is 3. The molecule has 0 aromatic heterocycles. The zero-order valence-electron chi connectivity index (χ0n) is 14.9. The van der Waals surface area contributed by atoms with E-state index in [1.165, 1.54) is 0 Å². The Kier molecular flexibility index (Phi) is 11.5. The minimum absolute atomic E-state index is 0.193. The second-order valence-corrected chi connectivity index (χ2v) is 5.46. The number of phenols is 1. The van der Waals surface area contributed by atoms with Crippen LogP contribution in [0.5, 0.6) is 11.5 Å². The fourth-order valence-electron chi connectivity index (χ4n) is 1.77. The van der Waals surface area contributed by atoms with Gasteiger partial charge in [0.25, 0.3) is 0 Å². The first-order valence-electron chi connectivity index (χ1n) is 7.97. The van der Waals surface area contributed by atoms with E-state index in [0.717, 1.165) is 22.4 Å². The SMILES string of the molecule is CC.CC.Cc1ccc(/C=C/c2ccc(O)c(P)c2OI)cc1N. The van der Waals surface area contributed by atoms with Gasteiger partial charge < -0.3 is 13.9 Å². The van der Waals surface area contributed by atoms with Gasteiger partial charge in [-0.15, -0.1) is 0 Å².